The Morgan fingerprint density at radius 2 is 2.21 bits per heavy atom. The first kappa shape index (κ1) is 16.1. The summed E-state index contributed by atoms with van der Waals surface area (Å²) in [6, 6.07) is 9.17. The first-order chi connectivity index (χ1) is 11.5. The molecule has 1 aromatic carbocycles. The third-order valence-corrected chi connectivity index (χ3v) is 3.98. The molecule has 1 amide bonds. The van der Waals surface area contributed by atoms with E-state index in [0.717, 1.165) is 22.0 Å². The molecule has 24 heavy (non-hydrogen) atoms. The summed E-state index contributed by atoms with van der Waals surface area (Å²) in [6.07, 6.45) is 6.77. The normalized spacial score (nSPS) is 11.2. The minimum atomic E-state index is -0.0943. The van der Waals surface area contributed by atoms with Crippen molar-refractivity contribution in [3.05, 3.63) is 65.0 Å². The maximum Gasteiger partial charge on any atom is 0.246 e. The van der Waals surface area contributed by atoms with Crippen LogP contribution in [0.15, 0.2) is 48.8 Å². The van der Waals surface area contributed by atoms with Gasteiger partial charge in [0, 0.05) is 48.0 Å². The Kier molecular flexibility index (Phi) is 4.53. The molecule has 0 unspecified atom stereocenters. The molecular formula is C18H17ClN4O. The number of halogens is 1. The number of nitrogens with one attached hydrogen (secondary N) is 1. The molecule has 6 heteroatoms. The maximum atomic E-state index is 12.3. The third kappa shape index (κ3) is 3.58. The van der Waals surface area contributed by atoms with Crippen molar-refractivity contribution in [1.29, 1.82) is 0 Å². The van der Waals surface area contributed by atoms with E-state index in [1.165, 1.54) is 6.08 Å². The van der Waals surface area contributed by atoms with Gasteiger partial charge in [0.25, 0.3) is 0 Å². The number of aromatic amines is 1. The zero-order chi connectivity index (χ0) is 17.1. The van der Waals surface area contributed by atoms with Crippen LogP contribution < -0.4 is 5.73 Å². The zero-order valence-electron chi connectivity index (χ0n) is 13.2. The number of hydrogen-bond acceptors (Lipinski definition) is 3. The van der Waals surface area contributed by atoms with Crippen LogP contribution in [-0.2, 0) is 11.3 Å². The molecule has 0 fully saturated rings. The van der Waals surface area contributed by atoms with Crippen molar-refractivity contribution in [3.63, 3.8) is 0 Å². The molecule has 0 bridgehead atoms. The SMILES string of the molecule is CN(Cc1c[nH]c2ccc(Cl)cc12)C(=O)/C=C/c1ccc(N)nc1. The van der Waals surface area contributed by atoms with Crippen LogP contribution in [-0.4, -0.2) is 27.8 Å². The molecule has 2 heterocycles. The fourth-order valence-electron chi connectivity index (χ4n) is 2.42. The van der Waals surface area contributed by atoms with Crippen LogP contribution in [0.25, 0.3) is 17.0 Å². The first-order valence-electron chi connectivity index (χ1n) is 7.43. The fraction of sp³-hybridized carbons (Fsp3) is 0.111. The molecular weight excluding hydrogens is 324 g/mol. The van der Waals surface area contributed by atoms with E-state index in [0.29, 0.717) is 17.4 Å². The molecule has 0 saturated heterocycles. The van der Waals surface area contributed by atoms with Gasteiger partial charge < -0.3 is 15.6 Å². The van der Waals surface area contributed by atoms with Gasteiger partial charge in [0.15, 0.2) is 0 Å². The third-order valence-electron chi connectivity index (χ3n) is 3.74. The number of carbonyl (C=O) groups excluding carboxylic acids is 1. The lowest BCUT2D eigenvalue weighted by Gasteiger charge is -2.14. The van der Waals surface area contributed by atoms with Crippen molar-refractivity contribution >= 4 is 40.3 Å². The standard InChI is InChI=1S/C18H17ClN4O/c1-23(18(24)7-3-12-2-6-17(20)22-9-12)11-13-10-21-16-5-4-14(19)8-15(13)16/h2-10,21H,11H2,1H3,(H2,20,22)/b7-3+. The molecule has 0 radical (unpaired) electrons. The van der Waals surface area contributed by atoms with Crippen molar-refractivity contribution < 1.29 is 4.79 Å². The summed E-state index contributed by atoms with van der Waals surface area (Å²) in [5.74, 6) is 0.358. The molecule has 0 atom stereocenters. The Morgan fingerprint density at radius 3 is 2.96 bits per heavy atom. The van der Waals surface area contributed by atoms with Gasteiger partial charge in [0.2, 0.25) is 5.91 Å². The highest BCUT2D eigenvalue weighted by Gasteiger charge is 2.10. The molecule has 5 nitrogen and oxygen atoms in total. The van der Waals surface area contributed by atoms with E-state index in [1.807, 2.05) is 30.5 Å². The maximum absolute atomic E-state index is 12.3. The Hall–Kier alpha value is -2.79. The van der Waals surface area contributed by atoms with Gasteiger partial charge in [-0.2, -0.15) is 0 Å². The molecule has 0 aliphatic carbocycles. The molecule has 3 rings (SSSR count). The Labute approximate surface area is 144 Å². The van der Waals surface area contributed by atoms with Gasteiger partial charge >= 0.3 is 0 Å². The molecule has 0 aliphatic heterocycles. The Bertz CT molecular complexity index is 899. The van der Waals surface area contributed by atoms with Gasteiger partial charge in [-0.1, -0.05) is 11.6 Å². The lowest BCUT2D eigenvalue weighted by atomic mass is 10.1. The number of amides is 1. The van der Waals surface area contributed by atoms with E-state index < -0.39 is 0 Å². The second kappa shape index (κ2) is 6.76. The number of pyridine rings is 1. The number of hydrogen-bond donors (Lipinski definition) is 2. The summed E-state index contributed by atoms with van der Waals surface area (Å²) in [5.41, 5.74) is 8.38. The molecule has 0 aliphatic rings. The number of fused-ring (bicyclic) bond motifs is 1. The van der Waals surface area contributed by atoms with Crippen molar-refractivity contribution in [2.24, 2.45) is 0 Å². The molecule has 0 spiro atoms. The van der Waals surface area contributed by atoms with Gasteiger partial charge in [0.05, 0.1) is 0 Å². The lowest BCUT2D eigenvalue weighted by Crippen LogP contribution is -2.23. The summed E-state index contributed by atoms with van der Waals surface area (Å²) in [5, 5.41) is 1.70. The summed E-state index contributed by atoms with van der Waals surface area (Å²) in [4.78, 5) is 21.1. The van der Waals surface area contributed by atoms with E-state index in [4.69, 9.17) is 17.3 Å². The summed E-state index contributed by atoms with van der Waals surface area (Å²) >= 11 is 6.05. The van der Waals surface area contributed by atoms with Gasteiger partial charge in [-0.05, 0) is 47.5 Å². The van der Waals surface area contributed by atoms with E-state index in [2.05, 4.69) is 9.97 Å². The van der Waals surface area contributed by atoms with E-state index in [1.54, 1.807) is 30.3 Å². The van der Waals surface area contributed by atoms with Crippen molar-refractivity contribution in [1.82, 2.24) is 14.9 Å². The highest BCUT2D eigenvalue weighted by atomic mass is 35.5. The highest BCUT2D eigenvalue weighted by molar-refractivity contribution is 6.31. The molecule has 0 saturated carbocycles. The predicted octanol–water partition coefficient (Wildman–Crippen LogP) is 3.47. The second-order valence-corrected chi connectivity index (χ2v) is 5.98. The monoisotopic (exact) mass is 340 g/mol. The number of nitrogens with zero attached hydrogens (tertiary/aromatic N) is 2. The van der Waals surface area contributed by atoms with Crippen LogP contribution in [0.5, 0.6) is 0 Å². The minimum absolute atomic E-state index is 0.0943. The Morgan fingerprint density at radius 1 is 1.38 bits per heavy atom. The van der Waals surface area contributed by atoms with Crippen LogP contribution in [0.3, 0.4) is 0 Å². The van der Waals surface area contributed by atoms with Crippen LogP contribution in [0.4, 0.5) is 5.82 Å². The number of nitrogens with two attached hydrogens (primary N) is 1. The van der Waals surface area contributed by atoms with Gasteiger partial charge in [-0.25, -0.2) is 4.98 Å². The van der Waals surface area contributed by atoms with Crippen LogP contribution in [0.2, 0.25) is 5.02 Å². The number of nitrogen functional groups attached to an aromatic ring is 1. The number of carbonyl (C=O) groups is 1. The number of H-pyrrole nitrogens is 1. The van der Waals surface area contributed by atoms with Crippen molar-refractivity contribution in [2.75, 3.05) is 12.8 Å². The summed E-state index contributed by atoms with van der Waals surface area (Å²) < 4.78 is 0. The fourth-order valence-corrected chi connectivity index (χ4v) is 2.60. The number of anilines is 1. The van der Waals surface area contributed by atoms with Crippen LogP contribution >= 0.6 is 11.6 Å². The molecule has 3 N–H and O–H groups in total. The largest absolute Gasteiger partial charge is 0.384 e. The van der Waals surface area contributed by atoms with Crippen LogP contribution in [0.1, 0.15) is 11.1 Å². The van der Waals surface area contributed by atoms with Crippen molar-refractivity contribution in [3.8, 4) is 0 Å². The number of aromatic nitrogens is 2. The smallest absolute Gasteiger partial charge is 0.246 e. The van der Waals surface area contributed by atoms with Crippen molar-refractivity contribution in [2.45, 2.75) is 6.54 Å². The van der Waals surface area contributed by atoms with E-state index in [-0.39, 0.29) is 5.91 Å². The first-order valence-corrected chi connectivity index (χ1v) is 7.81. The Balaban J connectivity index is 1.71. The molecule has 2 aromatic heterocycles. The highest BCUT2D eigenvalue weighted by Crippen LogP contribution is 2.23. The van der Waals surface area contributed by atoms with E-state index >= 15 is 0 Å². The van der Waals surface area contributed by atoms with E-state index in [9.17, 15) is 4.79 Å². The second-order valence-electron chi connectivity index (χ2n) is 5.55. The number of likely N-dealkylation sites (N-methyl/N-ethyl adjacent to an activating group) is 1. The quantitative estimate of drug-likeness (QED) is 0.714. The summed E-state index contributed by atoms with van der Waals surface area (Å²) in [7, 11) is 1.76. The topological polar surface area (TPSA) is 75.0 Å². The number of rotatable bonds is 4. The number of benzene rings is 1. The van der Waals surface area contributed by atoms with Gasteiger partial charge in [-0.3, -0.25) is 4.79 Å². The summed E-state index contributed by atoms with van der Waals surface area (Å²) in [6.45, 7) is 0.490. The predicted molar refractivity (Wildman–Crippen MR) is 97.5 cm³/mol. The molecule has 122 valence electrons. The lowest BCUT2D eigenvalue weighted by molar-refractivity contribution is -0.125. The van der Waals surface area contributed by atoms with Crippen LogP contribution in [0, 0.1) is 0 Å². The van der Waals surface area contributed by atoms with Gasteiger partial charge in [0.1, 0.15) is 5.82 Å². The zero-order valence-corrected chi connectivity index (χ0v) is 13.9. The van der Waals surface area contributed by atoms with Gasteiger partial charge in [-0.15, -0.1) is 0 Å². The minimum Gasteiger partial charge on any atom is -0.384 e. The average Bonchev–Trinajstić information content (AvgIpc) is 2.96. The molecule has 3 aromatic rings. The average molecular weight is 341 g/mol.